The van der Waals surface area contributed by atoms with Gasteiger partial charge in [-0.15, -0.1) is 21.5 Å². The molecule has 0 saturated carbocycles. The van der Waals surface area contributed by atoms with Crippen molar-refractivity contribution in [1.82, 2.24) is 10.2 Å². The summed E-state index contributed by atoms with van der Waals surface area (Å²) in [6.45, 7) is 4.70. The molecule has 4 nitrogen and oxygen atoms in total. The average molecular weight is 295 g/mol. The Bertz CT molecular complexity index is 506. The normalized spacial score (nSPS) is 18.9. The van der Waals surface area contributed by atoms with Gasteiger partial charge in [0.15, 0.2) is 0 Å². The van der Waals surface area contributed by atoms with Gasteiger partial charge in [-0.25, -0.2) is 0 Å². The van der Waals surface area contributed by atoms with Crippen LogP contribution in [0.4, 0.5) is 5.13 Å². The highest BCUT2D eigenvalue weighted by Crippen LogP contribution is 2.25. The maximum atomic E-state index is 5.75. The third-order valence-corrected chi connectivity index (χ3v) is 4.92. The molecule has 3 rings (SSSR count). The predicted octanol–water partition coefficient (Wildman–Crippen LogP) is 3.09. The van der Waals surface area contributed by atoms with Gasteiger partial charge in [-0.2, -0.15) is 0 Å². The highest BCUT2D eigenvalue weighted by Gasteiger charge is 2.21. The van der Waals surface area contributed by atoms with Crippen LogP contribution in [0.3, 0.4) is 0 Å². The number of rotatable bonds is 5. The van der Waals surface area contributed by atoms with Gasteiger partial charge in [0.2, 0.25) is 5.13 Å². The zero-order chi connectivity index (χ0) is 13.1. The Morgan fingerprint density at radius 2 is 2.42 bits per heavy atom. The van der Waals surface area contributed by atoms with Crippen LogP contribution in [0.5, 0.6) is 0 Å². The summed E-state index contributed by atoms with van der Waals surface area (Å²) in [5.41, 5.74) is 0. The van der Waals surface area contributed by atoms with Crippen LogP contribution in [-0.4, -0.2) is 29.5 Å². The Balaban J connectivity index is 1.74. The van der Waals surface area contributed by atoms with Crippen molar-refractivity contribution >= 4 is 27.8 Å². The lowest BCUT2D eigenvalue weighted by molar-refractivity contribution is 0.115. The van der Waals surface area contributed by atoms with Crippen LogP contribution < -0.4 is 4.90 Å². The van der Waals surface area contributed by atoms with E-state index in [0.29, 0.717) is 6.10 Å². The molecule has 1 atom stereocenters. The van der Waals surface area contributed by atoms with Gasteiger partial charge in [0, 0.05) is 18.0 Å². The molecule has 1 saturated heterocycles. The number of hydrogen-bond donors (Lipinski definition) is 0. The number of thiophene rings is 1. The van der Waals surface area contributed by atoms with Crippen LogP contribution >= 0.6 is 22.7 Å². The highest BCUT2D eigenvalue weighted by molar-refractivity contribution is 7.15. The molecule has 0 amide bonds. The van der Waals surface area contributed by atoms with E-state index in [1.54, 1.807) is 22.7 Å². The zero-order valence-electron chi connectivity index (χ0n) is 10.9. The van der Waals surface area contributed by atoms with E-state index in [1.165, 1.54) is 11.3 Å². The van der Waals surface area contributed by atoms with E-state index in [-0.39, 0.29) is 0 Å². The topological polar surface area (TPSA) is 38.2 Å². The molecule has 1 aliphatic heterocycles. The summed E-state index contributed by atoms with van der Waals surface area (Å²) >= 11 is 3.44. The SMILES string of the molecule is Cc1nnc(N(Cc2cccs2)C[C@H]2CCCO2)s1. The van der Waals surface area contributed by atoms with Crippen LogP contribution in [0.15, 0.2) is 17.5 Å². The lowest BCUT2D eigenvalue weighted by Crippen LogP contribution is -2.31. The summed E-state index contributed by atoms with van der Waals surface area (Å²) in [6, 6.07) is 4.26. The first-order valence-corrected chi connectivity index (χ1v) is 8.20. The third kappa shape index (κ3) is 3.32. The monoisotopic (exact) mass is 295 g/mol. The summed E-state index contributed by atoms with van der Waals surface area (Å²) in [5, 5.41) is 12.5. The Morgan fingerprint density at radius 3 is 3.05 bits per heavy atom. The van der Waals surface area contributed by atoms with E-state index in [9.17, 15) is 0 Å². The molecule has 0 bridgehead atoms. The first-order valence-electron chi connectivity index (χ1n) is 6.50. The smallest absolute Gasteiger partial charge is 0.208 e. The molecule has 1 fully saturated rings. The van der Waals surface area contributed by atoms with E-state index < -0.39 is 0 Å². The molecule has 2 aromatic heterocycles. The predicted molar refractivity (Wildman–Crippen MR) is 79.0 cm³/mol. The standard InChI is InChI=1S/C13H17N3OS2/c1-10-14-15-13(19-10)16(8-11-4-2-6-17-11)9-12-5-3-7-18-12/h3,5,7,11H,2,4,6,8-9H2,1H3/t11-/m1/s1. The summed E-state index contributed by atoms with van der Waals surface area (Å²) in [7, 11) is 0. The van der Waals surface area contributed by atoms with Crippen molar-refractivity contribution in [2.24, 2.45) is 0 Å². The molecule has 1 aliphatic rings. The van der Waals surface area contributed by atoms with Crippen LogP contribution in [0.25, 0.3) is 0 Å². The summed E-state index contributed by atoms with van der Waals surface area (Å²) in [6.07, 6.45) is 2.66. The van der Waals surface area contributed by atoms with Gasteiger partial charge in [0.1, 0.15) is 5.01 Å². The fourth-order valence-electron chi connectivity index (χ4n) is 2.25. The molecule has 0 N–H and O–H groups in total. The molecule has 6 heteroatoms. The second-order valence-electron chi connectivity index (χ2n) is 4.70. The minimum Gasteiger partial charge on any atom is -0.376 e. The molecular weight excluding hydrogens is 278 g/mol. The Morgan fingerprint density at radius 1 is 1.47 bits per heavy atom. The van der Waals surface area contributed by atoms with Crippen molar-refractivity contribution in [2.45, 2.75) is 32.4 Å². The maximum absolute atomic E-state index is 5.75. The van der Waals surface area contributed by atoms with Crippen LogP contribution in [0.1, 0.15) is 22.7 Å². The molecule has 0 aromatic carbocycles. The number of aryl methyl sites for hydroxylation is 1. The fraction of sp³-hybridized carbons (Fsp3) is 0.538. The quantitative estimate of drug-likeness (QED) is 0.849. The zero-order valence-corrected chi connectivity index (χ0v) is 12.5. The Labute approximate surface area is 121 Å². The number of ether oxygens (including phenoxy) is 1. The van der Waals surface area contributed by atoms with Gasteiger partial charge >= 0.3 is 0 Å². The minimum absolute atomic E-state index is 0.337. The summed E-state index contributed by atoms with van der Waals surface area (Å²) in [4.78, 5) is 3.65. The highest BCUT2D eigenvalue weighted by atomic mass is 32.1. The van der Waals surface area contributed by atoms with Gasteiger partial charge in [-0.05, 0) is 31.2 Å². The van der Waals surface area contributed by atoms with Crippen molar-refractivity contribution in [3.8, 4) is 0 Å². The molecule has 0 unspecified atom stereocenters. The molecule has 102 valence electrons. The second kappa shape index (κ2) is 5.98. The molecular formula is C13H17N3OS2. The minimum atomic E-state index is 0.337. The molecule has 0 aliphatic carbocycles. The molecule has 3 heterocycles. The van der Waals surface area contributed by atoms with Gasteiger partial charge in [0.05, 0.1) is 12.6 Å². The van der Waals surface area contributed by atoms with E-state index in [0.717, 1.165) is 36.3 Å². The fourth-order valence-corrected chi connectivity index (χ4v) is 3.66. The largest absolute Gasteiger partial charge is 0.376 e. The number of anilines is 1. The third-order valence-electron chi connectivity index (χ3n) is 3.16. The van der Waals surface area contributed by atoms with Crippen molar-refractivity contribution in [3.05, 3.63) is 27.4 Å². The average Bonchev–Trinajstić information content (AvgIpc) is 3.09. The first-order chi connectivity index (χ1) is 9.31. The lowest BCUT2D eigenvalue weighted by Gasteiger charge is -2.23. The van der Waals surface area contributed by atoms with E-state index in [1.807, 2.05) is 6.92 Å². The van der Waals surface area contributed by atoms with Crippen molar-refractivity contribution in [2.75, 3.05) is 18.1 Å². The van der Waals surface area contributed by atoms with Gasteiger partial charge in [-0.1, -0.05) is 17.4 Å². The molecule has 19 heavy (non-hydrogen) atoms. The van der Waals surface area contributed by atoms with Gasteiger partial charge < -0.3 is 9.64 Å². The second-order valence-corrected chi connectivity index (χ2v) is 6.89. The van der Waals surface area contributed by atoms with Gasteiger partial charge in [-0.3, -0.25) is 0 Å². The van der Waals surface area contributed by atoms with Crippen molar-refractivity contribution < 1.29 is 4.74 Å². The van der Waals surface area contributed by atoms with Crippen LogP contribution in [0, 0.1) is 6.92 Å². The van der Waals surface area contributed by atoms with Gasteiger partial charge in [0.25, 0.3) is 0 Å². The molecule has 0 radical (unpaired) electrons. The number of hydrogen-bond acceptors (Lipinski definition) is 6. The molecule has 0 spiro atoms. The van der Waals surface area contributed by atoms with Crippen LogP contribution in [0.2, 0.25) is 0 Å². The summed E-state index contributed by atoms with van der Waals surface area (Å²) < 4.78 is 5.75. The lowest BCUT2D eigenvalue weighted by atomic mass is 10.2. The van der Waals surface area contributed by atoms with E-state index in [2.05, 4.69) is 32.6 Å². The summed E-state index contributed by atoms with van der Waals surface area (Å²) in [5.74, 6) is 0. The van der Waals surface area contributed by atoms with Crippen molar-refractivity contribution in [3.63, 3.8) is 0 Å². The first kappa shape index (κ1) is 13.0. The number of nitrogens with zero attached hydrogens (tertiary/aromatic N) is 3. The van der Waals surface area contributed by atoms with E-state index in [4.69, 9.17) is 4.74 Å². The van der Waals surface area contributed by atoms with Crippen LogP contribution in [-0.2, 0) is 11.3 Å². The maximum Gasteiger partial charge on any atom is 0.208 e. The number of aromatic nitrogens is 2. The Kier molecular flexibility index (Phi) is 4.10. The van der Waals surface area contributed by atoms with Crippen molar-refractivity contribution in [1.29, 1.82) is 0 Å². The molecule has 2 aromatic rings. The Hall–Kier alpha value is -0.980. The van der Waals surface area contributed by atoms with E-state index >= 15 is 0 Å².